The molecule has 6 rings (SSSR count). The molecule has 0 saturated heterocycles. The first-order chi connectivity index (χ1) is 17.5. The van der Waals surface area contributed by atoms with Gasteiger partial charge in [-0.25, -0.2) is 0 Å². The number of carbonyl (C=O) groups excluding carboxylic acids is 2. The van der Waals surface area contributed by atoms with Crippen molar-refractivity contribution in [3.05, 3.63) is 71.7 Å². The number of aromatic amines is 1. The minimum absolute atomic E-state index is 0.00486. The van der Waals surface area contributed by atoms with Crippen LogP contribution in [0.25, 0.3) is 10.9 Å². The number of H-pyrrole nitrogens is 1. The molecule has 0 unspecified atom stereocenters. The fourth-order valence-corrected chi connectivity index (χ4v) is 5.23. The maximum Gasteiger partial charge on any atom is 0.255 e. The number of fused-ring (bicyclic) bond motifs is 4. The summed E-state index contributed by atoms with van der Waals surface area (Å²) in [4.78, 5) is 31.6. The van der Waals surface area contributed by atoms with Crippen LogP contribution in [0.4, 0.5) is 5.69 Å². The van der Waals surface area contributed by atoms with E-state index in [0.717, 1.165) is 17.6 Å². The van der Waals surface area contributed by atoms with Gasteiger partial charge in [0.1, 0.15) is 6.54 Å². The average Bonchev–Trinajstić information content (AvgIpc) is 3.60. The van der Waals surface area contributed by atoms with Crippen LogP contribution < -0.4 is 14.8 Å². The molecule has 2 amide bonds. The van der Waals surface area contributed by atoms with Gasteiger partial charge in [-0.05, 0) is 42.2 Å². The number of carbonyl (C=O) groups is 2. The first kappa shape index (κ1) is 22.2. The van der Waals surface area contributed by atoms with E-state index in [9.17, 15) is 9.59 Å². The van der Waals surface area contributed by atoms with Gasteiger partial charge in [0.05, 0.1) is 17.9 Å². The van der Waals surface area contributed by atoms with E-state index in [2.05, 4.69) is 47.4 Å². The molecule has 36 heavy (non-hydrogen) atoms. The van der Waals surface area contributed by atoms with E-state index < -0.39 is 0 Å². The number of hydrogen-bond acceptors (Lipinski definition) is 5. The van der Waals surface area contributed by atoms with Gasteiger partial charge in [0.2, 0.25) is 12.7 Å². The average molecular weight is 486 g/mol. The monoisotopic (exact) mass is 485 g/mol. The summed E-state index contributed by atoms with van der Waals surface area (Å²) < 4.78 is 12.2. The van der Waals surface area contributed by atoms with Gasteiger partial charge in [0, 0.05) is 34.9 Å². The van der Waals surface area contributed by atoms with Crippen molar-refractivity contribution in [3.63, 3.8) is 0 Å². The molecule has 0 bridgehead atoms. The summed E-state index contributed by atoms with van der Waals surface area (Å²) in [5, 5.41) is 8.37. The largest absolute Gasteiger partial charge is 0.454 e. The lowest BCUT2D eigenvalue weighted by Crippen LogP contribution is -2.43. The molecule has 2 aromatic carbocycles. The van der Waals surface area contributed by atoms with Gasteiger partial charge in [-0.3, -0.25) is 14.3 Å². The molecule has 0 radical (unpaired) electrons. The van der Waals surface area contributed by atoms with E-state index in [1.165, 1.54) is 10.9 Å². The summed E-state index contributed by atoms with van der Waals surface area (Å²) in [5.74, 6) is 1.12. The van der Waals surface area contributed by atoms with Crippen LogP contribution in [0.3, 0.4) is 0 Å². The Labute approximate surface area is 208 Å². The van der Waals surface area contributed by atoms with E-state index in [0.29, 0.717) is 29.3 Å². The highest BCUT2D eigenvalue weighted by Gasteiger charge is 2.35. The predicted octanol–water partition coefficient (Wildman–Crippen LogP) is 4.13. The molecule has 0 saturated carbocycles. The fourth-order valence-electron chi connectivity index (χ4n) is 5.23. The Morgan fingerprint density at radius 3 is 2.86 bits per heavy atom. The first-order valence-corrected chi connectivity index (χ1v) is 12.1. The normalized spacial score (nSPS) is 16.4. The van der Waals surface area contributed by atoms with Crippen molar-refractivity contribution < 1.29 is 19.1 Å². The van der Waals surface area contributed by atoms with Gasteiger partial charge >= 0.3 is 0 Å². The summed E-state index contributed by atoms with van der Waals surface area (Å²) in [7, 11) is 0. The van der Waals surface area contributed by atoms with Gasteiger partial charge in [-0.2, -0.15) is 5.10 Å². The number of para-hydroxylation sites is 1. The highest BCUT2D eigenvalue weighted by molar-refractivity contribution is 6.04. The zero-order valence-electron chi connectivity index (χ0n) is 20.2. The van der Waals surface area contributed by atoms with Crippen molar-refractivity contribution in [2.75, 3.05) is 18.7 Å². The van der Waals surface area contributed by atoms with Crippen LogP contribution in [0, 0.1) is 5.92 Å². The Kier molecular flexibility index (Phi) is 5.40. The number of nitrogens with zero attached hydrogens (tertiary/aromatic N) is 3. The highest BCUT2D eigenvalue weighted by atomic mass is 16.7. The summed E-state index contributed by atoms with van der Waals surface area (Å²) in [6.07, 6.45) is 4.03. The summed E-state index contributed by atoms with van der Waals surface area (Å²) in [6.45, 7) is 5.19. The third-order valence-corrected chi connectivity index (χ3v) is 6.86. The molecule has 9 nitrogen and oxygen atoms in total. The Hall–Kier alpha value is -4.27. The molecule has 0 spiro atoms. The number of anilines is 1. The topological polar surface area (TPSA) is 101 Å². The van der Waals surface area contributed by atoms with E-state index in [4.69, 9.17) is 9.47 Å². The van der Waals surface area contributed by atoms with Crippen molar-refractivity contribution in [3.8, 4) is 11.5 Å². The van der Waals surface area contributed by atoms with Gasteiger partial charge < -0.3 is 24.7 Å². The SMILES string of the molecule is CC(C)[C@@H]1c2[nH]c3ccccc3c2CCN1C(=O)Cn1cc(NC(=O)c2ccc3c(c2)OCO3)cn1. The number of benzene rings is 2. The lowest BCUT2D eigenvalue weighted by atomic mass is 9.90. The highest BCUT2D eigenvalue weighted by Crippen LogP contribution is 2.38. The molecule has 0 aliphatic carbocycles. The Morgan fingerprint density at radius 2 is 2.00 bits per heavy atom. The molecular formula is C27H27N5O4. The minimum Gasteiger partial charge on any atom is -0.454 e. The minimum atomic E-state index is -0.290. The lowest BCUT2D eigenvalue weighted by Gasteiger charge is -2.38. The quantitative estimate of drug-likeness (QED) is 0.443. The Bertz CT molecular complexity index is 1470. The number of ether oxygens (including phenoxy) is 2. The summed E-state index contributed by atoms with van der Waals surface area (Å²) >= 11 is 0. The van der Waals surface area contributed by atoms with Gasteiger partial charge in [-0.1, -0.05) is 32.0 Å². The zero-order chi connectivity index (χ0) is 24.8. The zero-order valence-corrected chi connectivity index (χ0v) is 20.2. The van der Waals surface area contributed by atoms with Crippen LogP contribution in [0.5, 0.6) is 11.5 Å². The van der Waals surface area contributed by atoms with Crippen LogP contribution in [-0.4, -0.2) is 44.8 Å². The molecular weight excluding hydrogens is 458 g/mol. The predicted molar refractivity (Wildman–Crippen MR) is 134 cm³/mol. The molecule has 1 atom stereocenters. The number of rotatable bonds is 5. The van der Waals surface area contributed by atoms with Crippen molar-refractivity contribution in [2.45, 2.75) is 32.9 Å². The molecule has 184 valence electrons. The van der Waals surface area contributed by atoms with E-state index in [1.54, 1.807) is 35.3 Å². The third kappa shape index (κ3) is 3.86. The fraction of sp³-hybridized carbons (Fsp3) is 0.296. The van der Waals surface area contributed by atoms with Crippen LogP contribution in [-0.2, 0) is 17.8 Å². The molecule has 2 aromatic heterocycles. The number of aromatic nitrogens is 3. The second kappa shape index (κ2) is 8.75. The second-order valence-electron chi connectivity index (χ2n) is 9.54. The number of nitrogens with one attached hydrogen (secondary N) is 2. The maximum atomic E-state index is 13.4. The summed E-state index contributed by atoms with van der Waals surface area (Å²) in [6, 6.07) is 13.3. The molecule has 2 aliphatic rings. The van der Waals surface area contributed by atoms with E-state index in [1.807, 2.05) is 11.0 Å². The van der Waals surface area contributed by atoms with E-state index >= 15 is 0 Å². The number of amides is 2. The lowest BCUT2D eigenvalue weighted by molar-refractivity contribution is -0.136. The van der Waals surface area contributed by atoms with Crippen LogP contribution >= 0.6 is 0 Å². The molecule has 0 fully saturated rings. The molecule has 4 heterocycles. The van der Waals surface area contributed by atoms with Gasteiger partial charge in [0.15, 0.2) is 11.5 Å². The molecule has 4 aromatic rings. The van der Waals surface area contributed by atoms with Crippen LogP contribution in [0.15, 0.2) is 54.9 Å². The molecule has 2 aliphatic heterocycles. The Balaban J connectivity index is 1.16. The van der Waals surface area contributed by atoms with Crippen molar-refractivity contribution in [1.82, 2.24) is 19.7 Å². The van der Waals surface area contributed by atoms with E-state index in [-0.39, 0.29) is 37.1 Å². The van der Waals surface area contributed by atoms with Gasteiger partial charge in [-0.15, -0.1) is 0 Å². The third-order valence-electron chi connectivity index (χ3n) is 6.86. The molecule has 9 heteroatoms. The first-order valence-electron chi connectivity index (χ1n) is 12.1. The Morgan fingerprint density at radius 1 is 1.17 bits per heavy atom. The van der Waals surface area contributed by atoms with Crippen molar-refractivity contribution >= 4 is 28.4 Å². The second-order valence-corrected chi connectivity index (χ2v) is 9.54. The molecule has 2 N–H and O–H groups in total. The summed E-state index contributed by atoms with van der Waals surface area (Å²) in [5.41, 5.74) is 4.51. The van der Waals surface area contributed by atoms with Crippen molar-refractivity contribution in [2.24, 2.45) is 5.92 Å². The smallest absolute Gasteiger partial charge is 0.255 e. The van der Waals surface area contributed by atoms with Crippen molar-refractivity contribution in [1.29, 1.82) is 0 Å². The standard InChI is InChI=1S/C27H27N5O4/c1-16(2)26-25-20(19-5-3-4-6-21(19)30-25)9-10-32(26)24(33)14-31-13-18(12-28-31)29-27(34)17-7-8-22-23(11-17)36-15-35-22/h3-8,11-13,16,26,30H,9-10,14-15H2,1-2H3,(H,29,34)/t26-/m1/s1. The number of hydrogen-bond donors (Lipinski definition) is 2. The van der Waals surface area contributed by atoms with Crippen LogP contribution in [0.2, 0.25) is 0 Å². The van der Waals surface area contributed by atoms with Gasteiger partial charge in [0.25, 0.3) is 5.91 Å². The maximum absolute atomic E-state index is 13.4. The van der Waals surface area contributed by atoms with Crippen LogP contribution in [0.1, 0.15) is 41.5 Å².